The van der Waals surface area contributed by atoms with Gasteiger partial charge >= 0.3 is 0 Å². The van der Waals surface area contributed by atoms with Crippen LogP contribution in [-0.2, 0) is 22.8 Å². The highest BCUT2D eigenvalue weighted by Crippen LogP contribution is 2.52. The van der Waals surface area contributed by atoms with Crippen molar-refractivity contribution < 1.29 is 47.9 Å². The monoisotopic (exact) mass is 844 g/mol. The number of hydrogen-bond donors (Lipinski definition) is 2. The number of carbonyl (C=O) groups is 4. The van der Waals surface area contributed by atoms with Crippen LogP contribution in [0.5, 0.6) is 11.8 Å². The molecule has 0 saturated carbocycles. The van der Waals surface area contributed by atoms with Crippen LogP contribution in [0.3, 0.4) is 0 Å². The first-order valence-corrected chi connectivity index (χ1v) is 20.6. The van der Waals surface area contributed by atoms with Gasteiger partial charge in [-0.2, -0.15) is 0 Å². The molecule has 0 aliphatic heterocycles. The van der Waals surface area contributed by atoms with Crippen LogP contribution in [0, 0.1) is 11.8 Å². The maximum Gasteiger partial charge on any atom is 0.265 e. The second-order valence-corrected chi connectivity index (χ2v) is 16.9. The molecule has 2 aromatic heterocycles. The quantitative estimate of drug-likeness (QED) is 0.156. The zero-order chi connectivity index (χ0) is 43.1. The molecule has 4 aliphatic rings. The van der Waals surface area contributed by atoms with Crippen molar-refractivity contribution in [2.24, 2.45) is 11.8 Å². The number of ether oxygens (including phenoxy) is 2. The number of allylic oxidation sites excluding steroid dienone is 2. The number of benzene rings is 3. The molecule has 0 fully saturated rings. The van der Waals surface area contributed by atoms with Crippen molar-refractivity contribution in [3.8, 4) is 11.8 Å². The van der Waals surface area contributed by atoms with E-state index in [1.165, 1.54) is 17.8 Å². The summed E-state index contributed by atoms with van der Waals surface area (Å²) in [6.07, 6.45) is 5.48. The number of rotatable bonds is 10. The molecule has 0 amide bonds. The SMILES string of the molecule is CN(C)[C@@H]1c2onc(OCc3ccccc3)c2C(=O)[C@@]2(O)C(=O)C(Sc3ccccc3)=CC[C@@H]12.CN(C)[C@@H]1c2onc(OCc3ccccc3)c2C(=O)[C@@]2(O)C(=O)C=CC[C@@H]12. The second kappa shape index (κ2) is 16.8. The van der Waals surface area contributed by atoms with Gasteiger partial charge in [-0.1, -0.05) is 103 Å². The minimum Gasteiger partial charge on any atom is -0.470 e. The van der Waals surface area contributed by atoms with E-state index in [4.69, 9.17) is 18.5 Å². The van der Waals surface area contributed by atoms with E-state index in [9.17, 15) is 29.4 Å². The van der Waals surface area contributed by atoms with Crippen molar-refractivity contribution >= 4 is 34.9 Å². The first-order chi connectivity index (χ1) is 29.3. The van der Waals surface area contributed by atoms with Crippen LogP contribution < -0.4 is 9.47 Å². The summed E-state index contributed by atoms with van der Waals surface area (Å²) in [6, 6.07) is 27.3. The zero-order valence-electron chi connectivity index (χ0n) is 33.9. The predicted molar refractivity (Wildman–Crippen MR) is 222 cm³/mol. The van der Waals surface area contributed by atoms with E-state index in [1.807, 2.05) is 115 Å². The molecule has 314 valence electrons. The van der Waals surface area contributed by atoms with Gasteiger partial charge in [0.15, 0.2) is 28.5 Å². The normalized spacial score (nSPS) is 25.2. The van der Waals surface area contributed by atoms with Gasteiger partial charge < -0.3 is 28.7 Å². The van der Waals surface area contributed by atoms with Crippen molar-refractivity contribution in [3.05, 3.63) is 148 Å². The zero-order valence-corrected chi connectivity index (χ0v) is 34.7. The second-order valence-electron chi connectivity index (χ2n) is 15.8. The summed E-state index contributed by atoms with van der Waals surface area (Å²) in [4.78, 5) is 57.8. The van der Waals surface area contributed by atoms with Crippen LogP contribution in [-0.4, -0.2) is 92.9 Å². The predicted octanol–water partition coefficient (Wildman–Crippen LogP) is 5.98. The number of aliphatic hydroxyl groups is 2. The van der Waals surface area contributed by atoms with Crippen LogP contribution in [0.1, 0.15) is 68.3 Å². The number of ketones is 4. The lowest BCUT2D eigenvalue weighted by molar-refractivity contribution is -0.138. The van der Waals surface area contributed by atoms with Gasteiger partial charge in [0, 0.05) is 16.7 Å². The molecule has 0 saturated heterocycles. The fourth-order valence-electron chi connectivity index (χ4n) is 8.61. The van der Waals surface area contributed by atoms with E-state index in [0.717, 1.165) is 16.0 Å². The standard InChI is InChI=1S/C26H24N2O5S.C20H20N2O5/c1-28(2)21-18-13-14-19(34-17-11-7-4-8-12-17)23(29)26(18,31)24(30)20-22(21)33-27-25(20)32-15-16-9-5-3-6-10-16;1-22(2)16-13-9-6-10-14(23)20(13,25)18(24)15-17(16)27-21-19(15)26-11-12-7-4-3-5-8-12/h3-12,14,18,21,31H,13,15H2,1-2H3;3-8,10,13,16,25H,9,11H2,1-2H3/t18-,21-,26-;13-,16-,20-/m00/s1. The van der Waals surface area contributed by atoms with Crippen LogP contribution in [0.4, 0.5) is 0 Å². The van der Waals surface area contributed by atoms with Crippen molar-refractivity contribution in [3.63, 3.8) is 0 Å². The lowest BCUT2D eigenvalue weighted by Crippen LogP contribution is -2.60. The lowest BCUT2D eigenvalue weighted by Gasteiger charge is -2.45. The topological polar surface area (TPSA) is 186 Å². The molecule has 15 heteroatoms. The van der Waals surface area contributed by atoms with Crippen LogP contribution in [0.2, 0.25) is 0 Å². The highest BCUT2D eigenvalue weighted by atomic mass is 32.2. The molecule has 3 aromatic carbocycles. The number of thioether (sulfide) groups is 1. The first kappa shape index (κ1) is 41.8. The van der Waals surface area contributed by atoms with E-state index >= 15 is 0 Å². The van der Waals surface area contributed by atoms with Crippen LogP contribution in [0.15, 0.2) is 128 Å². The molecule has 4 aliphatic carbocycles. The third-order valence-corrected chi connectivity index (χ3v) is 12.7. The number of hydrogen-bond acceptors (Lipinski definition) is 15. The molecule has 0 spiro atoms. The first-order valence-electron chi connectivity index (χ1n) is 19.7. The Bertz CT molecular complexity index is 2520. The number of fused-ring (bicyclic) bond motifs is 4. The molecule has 0 unspecified atom stereocenters. The third-order valence-electron chi connectivity index (χ3n) is 11.6. The van der Waals surface area contributed by atoms with Gasteiger partial charge in [0.05, 0.1) is 17.0 Å². The molecule has 0 bridgehead atoms. The average molecular weight is 845 g/mol. The van der Waals surface area contributed by atoms with E-state index in [0.29, 0.717) is 29.3 Å². The Hall–Kier alpha value is -5.97. The highest BCUT2D eigenvalue weighted by molar-refractivity contribution is 8.04. The third kappa shape index (κ3) is 7.35. The molecule has 14 nitrogen and oxygen atoms in total. The Labute approximate surface area is 355 Å². The van der Waals surface area contributed by atoms with Gasteiger partial charge in [0.1, 0.15) is 24.3 Å². The van der Waals surface area contributed by atoms with Gasteiger partial charge in [-0.25, -0.2) is 0 Å². The summed E-state index contributed by atoms with van der Waals surface area (Å²) in [5, 5.41) is 30.8. The Morgan fingerprint density at radius 1 is 0.656 bits per heavy atom. The average Bonchev–Trinajstić information content (AvgIpc) is 3.88. The Balaban J connectivity index is 0.000000173. The molecule has 6 atom stereocenters. The van der Waals surface area contributed by atoms with E-state index in [-0.39, 0.29) is 36.1 Å². The molecule has 0 radical (unpaired) electrons. The summed E-state index contributed by atoms with van der Waals surface area (Å²) in [7, 11) is 7.25. The Kier molecular flexibility index (Phi) is 11.5. The van der Waals surface area contributed by atoms with Crippen molar-refractivity contribution in [1.29, 1.82) is 0 Å². The Morgan fingerprint density at radius 3 is 1.61 bits per heavy atom. The summed E-state index contributed by atoms with van der Waals surface area (Å²) in [5.74, 6) is -3.36. The maximum atomic E-state index is 13.7. The molecule has 5 aromatic rings. The van der Waals surface area contributed by atoms with E-state index in [2.05, 4.69) is 10.3 Å². The summed E-state index contributed by atoms with van der Waals surface area (Å²) < 4.78 is 22.6. The number of aromatic nitrogens is 2. The van der Waals surface area contributed by atoms with E-state index < -0.39 is 58.3 Å². The minimum atomic E-state index is -2.23. The minimum absolute atomic E-state index is 0.0000638. The largest absolute Gasteiger partial charge is 0.470 e. The number of Topliss-reactive ketones (excluding diaryl/α,β-unsaturated/α-hetero) is 3. The lowest BCUT2D eigenvalue weighted by atomic mass is 9.65. The molecule has 2 N–H and O–H groups in total. The van der Waals surface area contributed by atoms with Gasteiger partial charge in [-0.3, -0.25) is 29.0 Å². The summed E-state index contributed by atoms with van der Waals surface area (Å²) in [5.41, 5.74) is -2.49. The molecule has 2 heterocycles. The number of carbonyl (C=O) groups excluding carboxylic acids is 4. The van der Waals surface area contributed by atoms with Crippen LogP contribution >= 0.6 is 11.8 Å². The summed E-state index contributed by atoms with van der Waals surface area (Å²) in [6.45, 7) is 0.361. The molecule has 61 heavy (non-hydrogen) atoms. The fraction of sp³-hybridized carbons (Fsp3) is 0.304. The van der Waals surface area contributed by atoms with Gasteiger partial charge in [-0.15, -0.1) is 0 Å². The fourth-order valence-corrected chi connectivity index (χ4v) is 9.58. The van der Waals surface area contributed by atoms with Gasteiger partial charge in [-0.05, 0) is 80.7 Å². The van der Waals surface area contributed by atoms with E-state index in [1.54, 1.807) is 26.2 Å². The maximum absolute atomic E-state index is 13.7. The van der Waals surface area contributed by atoms with Crippen LogP contribution in [0.25, 0.3) is 0 Å². The van der Waals surface area contributed by atoms with Crippen molar-refractivity contribution in [1.82, 2.24) is 20.1 Å². The molecule has 9 rings (SSSR count). The van der Waals surface area contributed by atoms with Crippen molar-refractivity contribution in [2.75, 3.05) is 28.2 Å². The van der Waals surface area contributed by atoms with Crippen molar-refractivity contribution in [2.45, 2.75) is 54.2 Å². The molecular weight excluding hydrogens is 801 g/mol. The highest BCUT2D eigenvalue weighted by Gasteiger charge is 2.63. The van der Waals surface area contributed by atoms with Gasteiger partial charge in [0.25, 0.3) is 11.8 Å². The smallest absolute Gasteiger partial charge is 0.265 e. The summed E-state index contributed by atoms with van der Waals surface area (Å²) >= 11 is 1.25. The Morgan fingerprint density at radius 2 is 1.11 bits per heavy atom. The molecular formula is C46H44N4O10S. The number of nitrogens with zero attached hydrogens (tertiary/aromatic N) is 4. The van der Waals surface area contributed by atoms with Gasteiger partial charge in [0.2, 0.25) is 17.3 Å².